The number of para-hydroxylation sites is 1. The van der Waals surface area contributed by atoms with Crippen LogP contribution in [0.2, 0.25) is 5.02 Å². The van der Waals surface area contributed by atoms with E-state index >= 15 is 0 Å². The van der Waals surface area contributed by atoms with Gasteiger partial charge >= 0.3 is 6.18 Å². The van der Waals surface area contributed by atoms with Gasteiger partial charge in [-0.1, -0.05) is 105 Å². The van der Waals surface area contributed by atoms with Gasteiger partial charge in [-0.2, -0.15) is 16.9 Å². The van der Waals surface area contributed by atoms with Crippen molar-refractivity contribution >= 4 is 53.8 Å². The molecule has 1 N–H and O–H groups in total. The monoisotopic (exact) mass is 611 g/mol. The van der Waals surface area contributed by atoms with Crippen molar-refractivity contribution in [3.8, 4) is 11.3 Å². The molecule has 1 aromatic heterocycles. The minimum absolute atomic E-state index is 0.0222. The number of hydrogen-bond acceptors (Lipinski definition) is 4. The summed E-state index contributed by atoms with van der Waals surface area (Å²) in [6, 6.07) is 31.4. The summed E-state index contributed by atoms with van der Waals surface area (Å²) in [7, 11) is 0. The highest BCUT2D eigenvalue weighted by atomic mass is 35.5. The Morgan fingerprint density at radius 2 is 1.54 bits per heavy atom. The summed E-state index contributed by atoms with van der Waals surface area (Å²) >= 11 is 16.0. The molecule has 2 atom stereocenters. The topological polar surface area (TPSA) is 22.3 Å². The Hall–Kier alpha value is -3.04. The SMILES string of the molecule is CC(c1ccccc1)C(N(S)S)N(CCc1ccc(C(F)(F)F)cc1)c1ccc(Cl)c(-c2cc3ccccc3[nH]2)c1. The summed E-state index contributed by atoms with van der Waals surface area (Å²) in [5.74, 6) is -0.0222. The lowest BCUT2D eigenvalue weighted by atomic mass is 9.96. The van der Waals surface area contributed by atoms with E-state index in [-0.39, 0.29) is 12.1 Å². The van der Waals surface area contributed by atoms with Crippen LogP contribution in [-0.4, -0.2) is 21.4 Å². The smallest absolute Gasteiger partial charge is 0.354 e. The number of anilines is 1. The lowest BCUT2D eigenvalue weighted by Crippen LogP contribution is -2.46. The molecule has 5 aromatic rings. The third-order valence-corrected chi connectivity index (χ3v) is 8.16. The van der Waals surface area contributed by atoms with Gasteiger partial charge in [0.25, 0.3) is 0 Å². The van der Waals surface area contributed by atoms with Crippen molar-refractivity contribution in [3.05, 3.63) is 125 Å². The van der Waals surface area contributed by atoms with Crippen LogP contribution in [0.3, 0.4) is 0 Å². The number of rotatable bonds is 9. The number of fused-ring (bicyclic) bond motifs is 1. The summed E-state index contributed by atoms with van der Waals surface area (Å²) in [5, 5.41) is 1.68. The quantitative estimate of drug-likeness (QED) is 0.114. The molecule has 5 rings (SSSR count). The van der Waals surface area contributed by atoms with Gasteiger partial charge in [-0.15, -0.1) is 0 Å². The van der Waals surface area contributed by atoms with Gasteiger partial charge in [0.2, 0.25) is 0 Å². The predicted octanol–water partition coefficient (Wildman–Crippen LogP) is 9.68. The number of thiol groups is 2. The highest BCUT2D eigenvalue weighted by Gasteiger charge is 2.31. The molecule has 4 aromatic carbocycles. The van der Waals surface area contributed by atoms with Crippen LogP contribution in [0, 0.1) is 0 Å². The zero-order chi connectivity index (χ0) is 29.1. The molecule has 0 saturated carbocycles. The molecule has 0 spiro atoms. The molecule has 0 bridgehead atoms. The van der Waals surface area contributed by atoms with Crippen molar-refractivity contribution in [1.82, 2.24) is 8.69 Å². The maximum absolute atomic E-state index is 13.1. The number of H-pyrrole nitrogens is 1. The van der Waals surface area contributed by atoms with E-state index in [2.05, 4.69) is 60.6 Å². The van der Waals surface area contributed by atoms with Crippen LogP contribution in [0.15, 0.2) is 103 Å². The van der Waals surface area contributed by atoms with Crippen molar-refractivity contribution in [2.75, 3.05) is 11.4 Å². The van der Waals surface area contributed by atoms with E-state index in [4.69, 9.17) is 11.6 Å². The normalized spacial score (nSPS) is 13.5. The Kier molecular flexibility index (Phi) is 8.94. The summed E-state index contributed by atoms with van der Waals surface area (Å²) < 4.78 is 41.0. The second-order valence-corrected chi connectivity index (χ2v) is 11.6. The number of hydrogen-bond donors (Lipinski definition) is 3. The molecule has 0 fully saturated rings. The van der Waals surface area contributed by atoms with E-state index in [9.17, 15) is 13.2 Å². The van der Waals surface area contributed by atoms with Gasteiger partial charge in [0.15, 0.2) is 0 Å². The first kappa shape index (κ1) is 29.5. The molecule has 2 unspecified atom stereocenters. The number of aromatic nitrogens is 1. The van der Waals surface area contributed by atoms with Crippen molar-refractivity contribution in [3.63, 3.8) is 0 Å². The maximum atomic E-state index is 13.1. The molecule has 9 heteroatoms. The Balaban J connectivity index is 1.54. The number of benzene rings is 4. The predicted molar refractivity (Wildman–Crippen MR) is 170 cm³/mol. The van der Waals surface area contributed by atoms with E-state index < -0.39 is 11.7 Å². The van der Waals surface area contributed by atoms with Crippen molar-refractivity contribution in [2.45, 2.75) is 31.6 Å². The fourth-order valence-electron chi connectivity index (χ4n) is 5.16. The van der Waals surface area contributed by atoms with Crippen LogP contribution < -0.4 is 4.90 Å². The molecule has 212 valence electrons. The second-order valence-electron chi connectivity index (χ2n) is 10.0. The first-order valence-electron chi connectivity index (χ1n) is 13.1. The van der Waals surface area contributed by atoms with E-state index in [0.717, 1.165) is 51.1 Å². The Morgan fingerprint density at radius 3 is 2.20 bits per heavy atom. The highest BCUT2D eigenvalue weighted by molar-refractivity contribution is 7.93. The van der Waals surface area contributed by atoms with Crippen molar-refractivity contribution in [2.24, 2.45) is 0 Å². The van der Waals surface area contributed by atoms with E-state index in [1.54, 1.807) is 3.71 Å². The van der Waals surface area contributed by atoms with Crippen LogP contribution in [0.4, 0.5) is 18.9 Å². The number of nitrogens with zero attached hydrogens (tertiary/aromatic N) is 2. The van der Waals surface area contributed by atoms with Gasteiger partial charge in [-0.3, -0.25) is 0 Å². The van der Waals surface area contributed by atoms with Crippen LogP contribution in [-0.2, 0) is 12.6 Å². The minimum atomic E-state index is -4.37. The second kappa shape index (κ2) is 12.4. The lowest BCUT2D eigenvalue weighted by Gasteiger charge is -2.40. The first-order chi connectivity index (χ1) is 19.6. The maximum Gasteiger partial charge on any atom is 0.416 e. The van der Waals surface area contributed by atoms with Gasteiger partial charge in [0.05, 0.1) is 10.6 Å². The Labute approximate surface area is 254 Å². The number of aromatic amines is 1. The van der Waals surface area contributed by atoms with Gasteiger partial charge in [0, 0.05) is 40.3 Å². The molecule has 0 aliphatic heterocycles. The molecule has 0 saturated heterocycles. The molecule has 0 aliphatic rings. The summed E-state index contributed by atoms with van der Waals surface area (Å²) in [6.45, 7) is 2.61. The van der Waals surface area contributed by atoms with Crippen LogP contribution in [0.5, 0.6) is 0 Å². The molecule has 41 heavy (non-hydrogen) atoms. The zero-order valence-electron chi connectivity index (χ0n) is 22.2. The van der Waals surface area contributed by atoms with Crippen LogP contribution in [0.1, 0.15) is 29.5 Å². The standard InChI is InChI=1S/C32H29ClF3N3S2/c1-21(23-7-3-2-4-8-23)31(39(40)41)38(18-17-22-11-13-25(14-12-22)32(34,35)36)26-15-16-28(33)27(20-26)30-19-24-9-5-6-10-29(24)37-30/h2-16,19-21,31,37,40-41H,17-18H2,1H3. The average molecular weight is 612 g/mol. The lowest BCUT2D eigenvalue weighted by molar-refractivity contribution is -0.137. The number of alkyl halides is 3. The summed E-state index contributed by atoms with van der Waals surface area (Å²) in [6.07, 6.45) is -4.17. The Bertz CT molecular complexity index is 1570. The van der Waals surface area contributed by atoms with E-state index in [1.165, 1.54) is 12.1 Å². The van der Waals surface area contributed by atoms with Crippen molar-refractivity contribution in [1.29, 1.82) is 0 Å². The fourth-order valence-corrected chi connectivity index (χ4v) is 6.03. The van der Waals surface area contributed by atoms with Crippen LogP contribution >= 0.6 is 37.2 Å². The average Bonchev–Trinajstić information content (AvgIpc) is 3.39. The van der Waals surface area contributed by atoms with Gasteiger partial charge in [0.1, 0.15) is 6.17 Å². The van der Waals surface area contributed by atoms with Crippen molar-refractivity contribution < 1.29 is 13.2 Å². The fraction of sp³-hybridized carbons (Fsp3) is 0.188. The molecule has 0 amide bonds. The van der Waals surface area contributed by atoms with E-state index in [0.29, 0.717) is 18.0 Å². The van der Waals surface area contributed by atoms with Gasteiger partial charge < -0.3 is 9.88 Å². The molecule has 0 aliphatic carbocycles. The summed E-state index contributed by atoms with van der Waals surface area (Å²) in [5.41, 5.74) is 4.87. The molecular weight excluding hydrogens is 583 g/mol. The van der Waals surface area contributed by atoms with E-state index in [1.807, 2.05) is 60.7 Å². The third-order valence-electron chi connectivity index (χ3n) is 7.35. The molecule has 1 heterocycles. The summed E-state index contributed by atoms with van der Waals surface area (Å²) in [4.78, 5) is 5.64. The third kappa shape index (κ3) is 6.72. The highest BCUT2D eigenvalue weighted by Crippen LogP contribution is 2.37. The largest absolute Gasteiger partial charge is 0.416 e. The molecule has 3 nitrogen and oxygen atoms in total. The number of nitrogens with one attached hydrogen (secondary N) is 1. The molecular formula is C32H29ClF3N3S2. The van der Waals surface area contributed by atoms with Gasteiger partial charge in [-0.05, 0) is 60.0 Å². The Morgan fingerprint density at radius 1 is 0.854 bits per heavy atom. The zero-order valence-corrected chi connectivity index (χ0v) is 24.7. The number of halogens is 4. The van der Waals surface area contributed by atoms with Gasteiger partial charge in [-0.25, -0.2) is 0 Å². The first-order valence-corrected chi connectivity index (χ1v) is 14.3. The minimum Gasteiger partial charge on any atom is -0.354 e. The molecule has 0 radical (unpaired) electrons. The van der Waals surface area contributed by atoms with Crippen LogP contribution in [0.25, 0.3) is 22.2 Å².